The molecule has 0 atom stereocenters. The summed E-state index contributed by atoms with van der Waals surface area (Å²) in [5.74, 6) is 5.10. The molecule has 14 heterocycles. The average molecular weight is 2010 g/mol. The second-order valence-electron chi connectivity index (χ2n) is 32.4. The van der Waals surface area contributed by atoms with Crippen molar-refractivity contribution in [2.24, 2.45) is 0 Å². The van der Waals surface area contributed by atoms with Gasteiger partial charge in [0.25, 0.3) is 0 Å². The third kappa shape index (κ3) is 30.6. The lowest BCUT2D eigenvalue weighted by molar-refractivity contribution is 0.602. The fourth-order valence-electron chi connectivity index (χ4n) is 14.7. The number of benzene rings is 7. The van der Waals surface area contributed by atoms with Crippen LogP contribution in [0.25, 0.3) is 33.2 Å². The van der Waals surface area contributed by atoms with Crippen molar-refractivity contribution in [1.29, 1.82) is 0 Å². The van der Waals surface area contributed by atoms with Crippen molar-refractivity contribution in [3.63, 3.8) is 0 Å². The average Bonchev–Trinajstić information content (AvgIpc) is 1.66. The molecule has 0 spiro atoms. The van der Waals surface area contributed by atoms with Crippen LogP contribution in [0, 0.1) is 47.4 Å². The molecule has 14 aromatic heterocycles. The van der Waals surface area contributed by atoms with Gasteiger partial charge < -0.3 is 64.4 Å². The smallest absolute Gasteiger partial charge is 0.227 e. The first-order chi connectivity index (χ1) is 70.5. The normalized spacial score (nSPS) is 10.7. The minimum Gasteiger partial charge on any atom is -0.368 e. The number of aryl methyl sites for hydroxylation is 6. The molecule has 722 valence electrons. The Hall–Kier alpha value is -17.4. The van der Waals surface area contributed by atoms with E-state index in [-0.39, 0.29) is 29.6 Å². The number of halogens is 2. The summed E-state index contributed by atoms with van der Waals surface area (Å²) in [6, 6.07) is 89.3. The second-order valence-corrected chi connectivity index (χ2v) is 37.3. The Morgan fingerprint density at radius 3 is 1.07 bits per heavy atom. The Kier molecular flexibility index (Phi) is 34.4. The van der Waals surface area contributed by atoms with Gasteiger partial charge in [0.15, 0.2) is 0 Å². The quantitative estimate of drug-likeness (QED) is 0.0238. The van der Waals surface area contributed by atoms with E-state index < -0.39 is 0 Å². The van der Waals surface area contributed by atoms with E-state index in [1.54, 1.807) is 103 Å². The summed E-state index contributed by atoms with van der Waals surface area (Å²) in [4.78, 5) is 81.6. The largest absolute Gasteiger partial charge is 0.368 e. The Labute approximate surface area is 858 Å². The first-order valence-corrected chi connectivity index (χ1v) is 49.2. The summed E-state index contributed by atoms with van der Waals surface area (Å²) >= 11 is 12.8. The highest BCUT2D eigenvalue weighted by Gasteiger charge is 2.16. The number of nitrogens with zero attached hydrogens (tertiary/aromatic N) is 20. The van der Waals surface area contributed by atoms with Crippen molar-refractivity contribution in [3.8, 4) is 11.4 Å². The van der Waals surface area contributed by atoms with Crippen LogP contribution in [0.15, 0.2) is 394 Å². The van der Waals surface area contributed by atoms with Gasteiger partial charge in [-0.2, -0.15) is 19.9 Å². The number of fused-ring (bicyclic) bond motifs is 2. The number of aromatic nitrogens is 20. The number of thioether (sulfide) groups is 1. The number of anilines is 15. The molecule has 0 radical (unpaired) electrons. The zero-order valence-corrected chi connectivity index (χ0v) is 83.4. The van der Waals surface area contributed by atoms with Gasteiger partial charge in [-0.25, -0.2) is 44.3 Å². The van der Waals surface area contributed by atoms with Gasteiger partial charge in [-0.3, -0.25) is 29.9 Å². The van der Waals surface area contributed by atoms with Crippen LogP contribution in [-0.2, 0) is 18.6 Å². The van der Waals surface area contributed by atoms with Gasteiger partial charge in [0.2, 0.25) is 35.7 Å². The van der Waals surface area contributed by atoms with Crippen LogP contribution in [0.3, 0.4) is 0 Å². The molecule has 30 nitrogen and oxygen atoms in total. The van der Waals surface area contributed by atoms with E-state index >= 15 is 0 Å². The molecule has 0 saturated carbocycles. The Balaban J connectivity index is 0.000000125. The highest BCUT2D eigenvalue weighted by atomic mass is 35.5. The third-order valence-electron chi connectivity index (χ3n) is 21.0. The molecule has 0 bridgehead atoms. The molecule has 145 heavy (non-hydrogen) atoms. The van der Waals surface area contributed by atoms with Crippen molar-refractivity contribution < 1.29 is 4.39 Å². The van der Waals surface area contributed by atoms with E-state index in [2.05, 4.69) is 206 Å². The van der Waals surface area contributed by atoms with Crippen LogP contribution >= 0.6 is 58.6 Å². The lowest BCUT2D eigenvalue weighted by Gasteiger charge is -2.09. The van der Waals surface area contributed by atoms with Crippen LogP contribution < -0.4 is 55.3 Å². The van der Waals surface area contributed by atoms with E-state index in [0.717, 1.165) is 123 Å². The van der Waals surface area contributed by atoms with E-state index in [1.807, 2.05) is 242 Å². The van der Waals surface area contributed by atoms with Gasteiger partial charge in [0.1, 0.15) is 29.1 Å². The van der Waals surface area contributed by atoms with Gasteiger partial charge in [0.05, 0.1) is 27.4 Å². The van der Waals surface area contributed by atoms with Crippen molar-refractivity contribution >= 4 is 168 Å². The molecule has 15 N–H and O–H groups in total. The predicted octanol–water partition coefficient (Wildman–Crippen LogP) is 24.3. The van der Waals surface area contributed by atoms with Crippen molar-refractivity contribution in [1.82, 2.24) is 98.8 Å². The lowest BCUT2D eigenvalue weighted by Crippen LogP contribution is -2.02. The monoisotopic (exact) mass is 2010 g/mol. The standard InChI is InChI=1S/C25H21N5.C19H17N5.C17H17N5S.C16H14ClN5S.C16H14FN5S.C16H15N5S/c1-18-15-22(29-25(27-18)28-21-5-3-2-4-6-21)17-19-7-8-24-20(16-19)11-14-30(24)23-9-12-26-13-10-23;1-13-10-16(23-19(20)22-13)12-14-2-3-18-15(11-14)6-9-24(18)17-4-7-21-8-5-17;1-12-10-16(22-17(18)20-12)21-14-2-4-15(5-3-14)23-11-13-6-8-19-9-7-13;2*1-10-8-15(22-16(18)20-10)21-11-2-3-14(13(17)9-11)23-12-4-6-19-7-5-12;1-11-10-15(21-16(17)19-11)20-12-2-4-13(5-3-12)22-14-6-8-18-9-7-14/h2-16H,17H2,1H3,(H,27,28,29);2-11H,12H2,1H3,(H2,20,22,23);2-10H,11H2,1H3,(H3,18,20,21,22);2*2-9H,1H3,(H3,18,20,21,22);2-10H,1H3,(H3,17,19,20,21). The van der Waals surface area contributed by atoms with Gasteiger partial charge in [-0.05, 0) is 277 Å². The maximum Gasteiger partial charge on any atom is 0.227 e. The summed E-state index contributed by atoms with van der Waals surface area (Å²) in [6.07, 6.45) is 27.0. The number of hydrogen-bond donors (Lipinski definition) is 10. The van der Waals surface area contributed by atoms with Gasteiger partial charge >= 0.3 is 0 Å². The fourth-order valence-corrected chi connectivity index (χ4v) is 18.3. The number of nitrogens with one attached hydrogen (secondary N) is 5. The molecule has 21 aromatic rings. The Bertz CT molecular complexity index is 7630. The topological polar surface area (TPSA) is 432 Å². The zero-order chi connectivity index (χ0) is 101. The Morgan fingerprint density at radius 2 is 0.641 bits per heavy atom. The second kappa shape index (κ2) is 49.6. The molecule has 0 aliphatic carbocycles. The van der Waals surface area contributed by atoms with Crippen molar-refractivity contribution in [3.05, 3.63) is 433 Å². The van der Waals surface area contributed by atoms with E-state index in [0.29, 0.717) is 50.8 Å². The van der Waals surface area contributed by atoms with Crippen molar-refractivity contribution in [2.75, 3.05) is 55.3 Å². The maximum absolute atomic E-state index is 14.3. The molecule has 7 aromatic carbocycles. The van der Waals surface area contributed by atoms with E-state index in [1.165, 1.54) is 61.2 Å². The van der Waals surface area contributed by atoms with Crippen LogP contribution in [0.5, 0.6) is 0 Å². The molecular weight excluding hydrogens is 1910 g/mol. The van der Waals surface area contributed by atoms with Crippen LogP contribution in [0.2, 0.25) is 5.02 Å². The highest BCUT2D eigenvalue weighted by molar-refractivity contribution is 8.00. The number of nitrogen functional groups attached to an aromatic ring is 5. The van der Waals surface area contributed by atoms with Crippen LogP contribution in [0.1, 0.15) is 62.2 Å². The molecule has 0 aliphatic rings. The number of hydrogen-bond acceptors (Lipinski definition) is 32. The van der Waals surface area contributed by atoms with Gasteiger partial charge in [0, 0.05) is 249 Å². The van der Waals surface area contributed by atoms with Gasteiger partial charge in [-0.1, -0.05) is 77.2 Å². The zero-order valence-electron chi connectivity index (χ0n) is 79.4. The third-order valence-corrected chi connectivity index (χ3v) is 25.6. The molecule has 21 rings (SSSR count). The summed E-state index contributed by atoms with van der Waals surface area (Å²) in [6.45, 7) is 11.4. The minimum absolute atomic E-state index is 0.179. The molecule has 0 fully saturated rings. The molecular formula is C109H98ClFN30S4. The SMILES string of the molecule is Cc1cc(Cc2ccc3c(ccn3-c3ccncc3)c2)nc(N)n1.Cc1cc(Cc2ccc3c(ccn3-c3ccncc3)c2)nc(Nc2ccccc2)n1.Cc1cc(Nc2ccc(SCc3ccncc3)cc2)nc(N)n1.Cc1cc(Nc2ccc(Sc3ccncc3)c(Cl)c2)nc(N)n1.Cc1cc(Nc2ccc(Sc3ccncc3)c(F)c2)nc(N)n1.Cc1cc(Nc2ccc(Sc3ccncc3)cc2)nc(N)n1. The van der Waals surface area contributed by atoms with Crippen LogP contribution in [0.4, 0.5) is 91.8 Å². The van der Waals surface area contributed by atoms with Crippen LogP contribution in [-0.4, -0.2) is 98.8 Å². The molecule has 36 heteroatoms. The fraction of sp³-hybridized carbons (Fsp3) is 0.0826. The number of rotatable bonds is 25. The van der Waals surface area contributed by atoms with Gasteiger partial charge in [-0.15, -0.1) is 11.8 Å². The van der Waals surface area contributed by atoms with Crippen molar-refractivity contribution in [2.45, 2.75) is 94.4 Å². The van der Waals surface area contributed by atoms with E-state index in [4.69, 9.17) is 45.3 Å². The Morgan fingerprint density at radius 1 is 0.290 bits per heavy atom. The summed E-state index contributed by atoms with van der Waals surface area (Å²) in [5, 5.41) is 19.0. The number of pyridine rings is 6. The summed E-state index contributed by atoms with van der Waals surface area (Å²) in [7, 11) is 0. The molecule has 0 amide bonds. The summed E-state index contributed by atoms with van der Waals surface area (Å²) < 4.78 is 18.6. The first kappa shape index (κ1) is 101. The molecule has 0 unspecified atom stereocenters. The first-order valence-electron chi connectivity index (χ1n) is 45.4. The van der Waals surface area contributed by atoms with E-state index in [9.17, 15) is 4.39 Å². The molecule has 0 saturated heterocycles. The maximum atomic E-state index is 14.3. The minimum atomic E-state index is -0.310. The summed E-state index contributed by atoms with van der Waals surface area (Å²) in [5.41, 5.74) is 47.9. The number of nitrogens with two attached hydrogens (primary N) is 5. The molecule has 0 aliphatic heterocycles. The number of para-hydroxylation sites is 1. The highest BCUT2D eigenvalue weighted by Crippen LogP contribution is 2.38. The predicted molar refractivity (Wildman–Crippen MR) is 583 cm³/mol. The lowest BCUT2D eigenvalue weighted by atomic mass is 10.1.